The van der Waals surface area contributed by atoms with E-state index in [1.807, 2.05) is 20.9 Å². The van der Waals surface area contributed by atoms with Crippen LogP contribution in [0.5, 0.6) is 0 Å². The summed E-state index contributed by atoms with van der Waals surface area (Å²) in [5.74, 6) is -0.00270. The summed E-state index contributed by atoms with van der Waals surface area (Å²) in [5, 5.41) is 0. The largest absolute Gasteiger partial charge is 0.465 e. The number of nitrogens with zero attached hydrogens (tertiary/aromatic N) is 1. The molecular weight excluding hydrogens is 410 g/mol. The van der Waals surface area contributed by atoms with E-state index in [2.05, 4.69) is 11.5 Å². The molecule has 33 heavy (non-hydrogen) atoms. The number of carbonyl (C=O) groups excluding carboxylic acids is 2. The van der Waals surface area contributed by atoms with Crippen molar-refractivity contribution in [3.63, 3.8) is 0 Å². The van der Waals surface area contributed by atoms with Crippen LogP contribution in [0.15, 0.2) is 0 Å². The summed E-state index contributed by atoms with van der Waals surface area (Å²) >= 11 is 0. The standard InChI is InChI=1S/C29H51NO3/c1-6-7-8-9-10-11-12-13-14-15-16-17-18-19-20-21-28(32)29-24(2)27(30(5)25(29)3)22-23-33-26(4)31/h6-23H2,1-5H3. The first kappa shape index (κ1) is 29.5. The van der Waals surface area contributed by atoms with Gasteiger partial charge in [-0.1, -0.05) is 96.8 Å². The van der Waals surface area contributed by atoms with Crippen molar-refractivity contribution in [3.05, 3.63) is 22.5 Å². The lowest BCUT2D eigenvalue weighted by Gasteiger charge is -2.06. The number of carbonyl (C=O) groups is 2. The Morgan fingerprint density at radius 3 is 1.67 bits per heavy atom. The van der Waals surface area contributed by atoms with Gasteiger partial charge in [0.1, 0.15) is 0 Å². The summed E-state index contributed by atoms with van der Waals surface area (Å²) in [7, 11) is 2.00. The quantitative estimate of drug-likeness (QED) is 0.112. The number of hydrogen-bond acceptors (Lipinski definition) is 3. The van der Waals surface area contributed by atoms with Crippen molar-refractivity contribution in [1.82, 2.24) is 4.57 Å². The summed E-state index contributed by atoms with van der Waals surface area (Å²) in [6.45, 7) is 8.10. The van der Waals surface area contributed by atoms with Crippen LogP contribution in [0.1, 0.15) is 144 Å². The summed E-state index contributed by atoms with van der Waals surface area (Å²) in [6.07, 6.45) is 21.3. The number of ether oxygens (including phenoxy) is 1. The molecule has 0 aromatic carbocycles. The van der Waals surface area contributed by atoms with E-state index < -0.39 is 0 Å². The van der Waals surface area contributed by atoms with Crippen molar-refractivity contribution in [2.24, 2.45) is 7.05 Å². The molecule has 0 saturated heterocycles. The molecule has 0 aliphatic carbocycles. The number of esters is 1. The molecule has 0 spiro atoms. The highest BCUT2D eigenvalue weighted by Crippen LogP contribution is 2.24. The zero-order chi connectivity index (χ0) is 24.5. The van der Waals surface area contributed by atoms with Gasteiger partial charge in [0.2, 0.25) is 0 Å². The molecule has 4 nitrogen and oxygen atoms in total. The van der Waals surface area contributed by atoms with Crippen LogP contribution in [0.2, 0.25) is 0 Å². The Kier molecular flexibility index (Phi) is 15.9. The molecule has 0 saturated carbocycles. The number of Topliss-reactive ketones (excluding diaryl/α,β-unsaturated/α-hetero) is 1. The van der Waals surface area contributed by atoms with Crippen LogP contribution in [-0.4, -0.2) is 22.9 Å². The molecule has 0 fully saturated rings. The highest BCUT2D eigenvalue weighted by Gasteiger charge is 2.20. The predicted octanol–water partition coefficient (Wildman–Crippen LogP) is 8.19. The fourth-order valence-electron chi connectivity index (χ4n) is 4.88. The maximum absolute atomic E-state index is 12.9. The second-order valence-electron chi connectivity index (χ2n) is 9.80. The molecule has 1 aromatic rings. The molecule has 4 heteroatoms. The van der Waals surface area contributed by atoms with Gasteiger partial charge in [-0.05, 0) is 25.8 Å². The molecule has 0 aliphatic rings. The molecule has 1 heterocycles. The van der Waals surface area contributed by atoms with Crippen molar-refractivity contribution in [2.45, 2.75) is 137 Å². The van der Waals surface area contributed by atoms with Gasteiger partial charge in [0.25, 0.3) is 0 Å². The second-order valence-corrected chi connectivity index (χ2v) is 9.80. The van der Waals surface area contributed by atoms with Gasteiger partial charge in [0, 0.05) is 43.8 Å². The van der Waals surface area contributed by atoms with Crippen molar-refractivity contribution in [2.75, 3.05) is 6.61 Å². The third-order valence-electron chi connectivity index (χ3n) is 7.01. The lowest BCUT2D eigenvalue weighted by molar-refractivity contribution is -0.140. The minimum absolute atomic E-state index is 0.258. The SMILES string of the molecule is CCCCCCCCCCCCCCCCCC(=O)c1c(C)c(CCOC(C)=O)n(C)c1C. The number of unbranched alkanes of at least 4 members (excludes halogenated alkanes) is 14. The summed E-state index contributed by atoms with van der Waals surface area (Å²) in [4.78, 5) is 23.9. The van der Waals surface area contributed by atoms with Crippen molar-refractivity contribution >= 4 is 11.8 Å². The van der Waals surface area contributed by atoms with Gasteiger partial charge < -0.3 is 9.30 Å². The number of ketones is 1. The molecule has 0 aliphatic heterocycles. The topological polar surface area (TPSA) is 48.3 Å². The third-order valence-corrected chi connectivity index (χ3v) is 7.01. The van der Waals surface area contributed by atoms with Crippen LogP contribution in [-0.2, 0) is 23.0 Å². The zero-order valence-corrected chi connectivity index (χ0v) is 22.4. The Hall–Kier alpha value is -1.58. The zero-order valence-electron chi connectivity index (χ0n) is 22.4. The Bertz CT molecular complexity index is 690. The smallest absolute Gasteiger partial charge is 0.302 e. The summed E-state index contributed by atoms with van der Waals surface area (Å²) in [6, 6.07) is 0. The van der Waals surface area contributed by atoms with Crippen LogP contribution in [0.4, 0.5) is 0 Å². The average molecular weight is 462 g/mol. The highest BCUT2D eigenvalue weighted by atomic mass is 16.5. The maximum atomic E-state index is 12.9. The first-order valence-corrected chi connectivity index (χ1v) is 13.7. The Labute approximate surface area is 203 Å². The molecule has 190 valence electrons. The Balaban J connectivity index is 2.14. The molecule has 0 amide bonds. The van der Waals surface area contributed by atoms with Gasteiger partial charge in [-0.2, -0.15) is 0 Å². The van der Waals surface area contributed by atoms with Crippen LogP contribution in [0.25, 0.3) is 0 Å². The van der Waals surface area contributed by atoms with Gasteiger partial charge in [-0.3, -0.25) is 9.59 Å². The van der Waals surface area contributed by atoms with Crippen LogP contribution >= 0.6 is 0 Å². The van der Waals surface area contributed by atoms with E-state index in [-0.39, 0.29) is 11.8 Å². The van der Waals surface area contributed by atoms with E-state index in [9.17, 15) is 9.59 Å². The molecule has 0 N–H and O–H groups in total. The third kappa shape index (κ3) is 11.9. The number of rotatable bonds is 20. The molecule has 0 atom stereocenters. The minimum atomic E-state index is -0.261. The number of aromatic nitrogens is 1. The molecule has 1 rings (SSSR count). The van der Waals surface area contributed by atoms with Gasteiger partial charge >= 0.3 is 5.97 Å². The summed E-state index contributed by atoms with van der Waals surface area (Å²) < 4.78 is 7.17. The average Bonchev–Trinajstić information content (AvgIpc) is 2.99. The van der Waals surface area contributed by atoms with Gasteiger partial charge in [-0.15, -0.1) is 0 Å². The fourth-order valence-corrected chi connectivity index (χ4v) is 4.88. The van der Waals surface area contributed by atoms with Crippen molar-refractivity contribution in [1.29, 1.82) is 0 Å². The van der Waals surface area contributed by atoms with E-state index in [1.165, 1.54) is 90.4 Å². The fraction of sp³-hybridized carbons (Fsp3) is 0.793. The van der Waals surface area contributed by atoms with E-state index in [0.29, 0.717) is 19.4 Å². The number of hydrogen-bond donors (Lipinski definition) is 0. The van der Waals surface area contributed by atoms with Gasteiger partial charge in [0.15, 0.2) is 5.78 Å². The predicted molar refractivity (Wildman–Crippen MR) is 139 cm³/mol. The minimum Gasteiger partial charge on any atom is -0.465 e. The lowest BCUT2D eigenvalue weighted by Crippen LogP contribution is -2.07. The first-order valence-electron chi connectivity index (χ1n) is 13.7. The Morgan fingerprint density at radius 1 is 0.758 bits per heavy atom. The van der Waals surface area contributed by atoms with Crippen LogP contribution < -0.4 is 0 Å². The van der Waals surface area contributed by atoms with E-state index in [4.69, 9.17) is 4.74 Å². The lowest BCUT2D eigenvalue weighted by atomic mass is 9.99. The van der Waals surface area contributed by atoms with Gasteiger partial charge in [-0.25, -0.2) is 0 Å². The van der Waals surface area contributed by atoms with Crippen LogP contribution in [0.3, 0.4) is 0 Å². The van der Waals surface area contributed by atoms with E-state index in [0.717, 1.165) is 35.4 Å². The molecule has 0 radical (unpaired) electrons. The first-order chi connectivity index (χ1) is 15.9. The molecule has 0 unspecified atom stereocenters. The molecule has 1 aromatic heterocycles. The van der Waals surface area contributed by atoms with E-state index >= 15 is 0 Å². The molecule has 0 bridgehead atoms. The normalized spacial score (nSPS) is 11.2. The Morgan fingerprint density at radius 2 is 1.21 bits per heavy atom. The highest BCUT2D eigenvalue weighted by molar-refractivity contribution is 5.99. The monoisotopic (exact) mass is 461 g/mol. The van der Waals surface area contributed by atoms with E-state index in [1.54, 1.807) is 0 Å². The van der Waals surface area contributed by atoms with Crippen molar-refractivity contribution in [3.8, 4) is 0 Å². The molecular formula is C29H51NO3. The van der Waals surface area contributed by atoms with Crippen LogP contribution in [0, 0.1) is 13.8 Å². The maximum Gasteiger partial charge on any atom is 0.302 e. The second kappa shape index (κ2) is 17.8. The van der Waals surface area contributed by atoms with Crippen molar-refractivity contribution < 1.29 is 14.3 Å². The summed E-state index contributed by atoms with van der Waals surface area (Å²) in [5.41, 5.74) is 4.04. The van der Waals surface area contributed by atoms with Gasteiger partial charge in [0.05, 0.1) is 6.61 Å².